The van der Waals surface area contributed by atoms with E-state index in [0.717, 1.165) is 0 Å². The van der Waals surface area contributed by atoms with E-state index >= 15 is 0 Å². The number of hydrogen-bond donors (Lipinski definition) is 0. The Morgan fingerprint density at radius 1 is 1.30 bits per heavy atom. The second kappa shape index (κ2) is 7.64. The molecule has 1 aromatic rings. The lowest BCUT2D eigenvalue weighted by molar-refractivity contribution is -0.133. The maximum absolute atomic E-state index is 12.1. The third-order valence-corrected chi connectivity index (χ3v) is 3.05. The van der Waals surface area contributed by atoms with E-state index in [4.69, 9.17) is 9.47 Å². The first kappa shape index (κ1) is 17.0. The summed E-state index contributed by atoms with van der Waals surface area (Å²) in [4.78, 5) is 11.6. The van der Waals surface area contributed by atoms with Gasteiger partial charge in [-0.1, -0.05) is 0 Å². The number of ether oxygens (including phenoxy) is 2. The van der Waals surface area contributed by atoms with E-state index in [9.17, 15) is 18.0 Å². The van der Waals surface area contributed by atoms with Crippen LogP contribution >= 0.6 is 15.9 Å². The number of rotatable bonds is 7. The van der Waals surface area contributed by atoms with Crippen LogP contribution in [0.3, 0.4) is 0 Å². The second-order valence-electron chi connectivity index (χ2n) is 4.02. The summed E-state index contributed by atoms with van der Waals surface area (Å²) in [5.41, 5.74) is 0.222. The van der Waals surface area contributed by atoms with E-state index in [-0.39, 0.29) is 5.56 Å². The molecule has 0 saturated heterocycles. The highest BCUT2D eigenvalue weighted by atomic mass is 79.9. The van der Waals surface area contributed by atoms with Crippen LogP contribution in [0.1, 0.15) is 23.2 Å². The van der Waals surface area contributed by atoms with E-state index in [1.165, 1.54) is 12.1 Å². The van der Waals surface area contributed by atoms with Gasteiger partial charge in [-0.2, -0.15) is 13.2 Å². The standard InChI is InChI=1S/C13H14BrF3O3/c1-19-6-7-20-12-3-2-9(8-10(12)14)11(18)4-5-13(15,16)17/h2-3,8H,4-7H2,1H3. The zero-order valence-corrected chi connectivity index (χ0v) is 12.4. The van der Waals surface area contributed by atoms with Crippen LogP contribution in [-0.2, 0) is 4.74 Å². The van der Waals surface area contributed by atoms with Crippen molar-refractivity contribution in [2.24, 2.45) is 0 Å². The van der Waals surface area contributed by atoms with Crippen molar-refractivity contribution in [3.05, 3.63) is 28.2 Å². The normalized spacial score (nSPS) is 11.4. The molecule has 112 valence electrons. The number of methoxy groups -OCH3 is 1. The fourth-order valence-electron chi connectivity index (χ4n) is 1.43. The van der Waals surface area contributed by atoms with E-state index in [1.54, 1.807) is 13.2 Å². The Morgan fingerprint density at radius 3 is 2.55 bits per heavy atom. The van der Waals surface area contributed by atoms with Crippen LogP contribution in [0, 0.1) is 0 Å². The molecule has 0 aliphatic rings. The van der Waals surface area contributed by atoms with Crippen LogP contribution in [0.25, 0.3) is 0 Å². The fraction of sp³-hybridized carbons (Fsp3) is 0.462. The summed E-state index contributed by atoms with van der Waals surface area (Å²) in [7, 11) is 1.54. The summed E-state index contributed by atoms with van der Waals surface area (Å²) in [6.07, 6.45) is -5.99. The highest BCUT2D eigenvalue weighted by Gasteiger charge is 2.28. The molecule has 0 N–H and O–H groups in total. The topological polar surface area (TPSA) is 35.5 Å². The molecule has 20 heavy (non-hydrogen) atoms. The Bertz CT molecular complexity index is 461. The largest absolute Gasteiger partial charge is 0.490 e. The van der Waals surface area contributed by atoms with Crippen molar-refractivity contribution < 1.29 is 27.4 Å². The molecular weight excluding hydrogens is 341 g/mol. The summed E-state index contributed by atoms with van der Waals surface area (Å²) in [5, 5.41) is 0. The minimum atomic E-state index is -4.32. The number of benzene rings is 1. The third-order valence-electron chi connectivity index (χ3n) is 2.43. The summed E-state index contributed by atoms with van der Waals surface area (Å²) >= 11 is 3.22. The Morgan fingerprint density at radius 2 is 2.00 bits per heavy atom. The molecule has 0 amide bonds. The molecule has 0 aromatic heterocycles. The van der Waals surface area contributed by atoms with Crippen molar-refractivity contribution in [3.63, 3.8) is 0 Å². The summed E-state index contributed by atoms with van der Waals surface area (Å²) in [5.74, 6) is -0.0408. The van der Waals surface area contributed by atoms with Crippen LogP contribution in [0.4, 0.5) is 13.2 Å². The quantitative estimate of drug-likeness (QED) is 0.548. The number of alkyl halides is 3. The van der Waals surface area contributed by atoms with Gasteiger partial charge in [-0.15, -0.1) is 0 Å². The van der Waals surface area contributed by atoms with Gasteiger partial charge in [-0.3, -0.25) is 4.79 Å². The van der Waals surface area contributed by atoms with Crippen molar-refractivity contribution >= 4 is 21.7 Å². The minimum absolute atomic E-state index is 0.222. The lowest BCUT2D eigenvalue weighted by Gasteiger charge is -2.09. The minimum Gasteiger partial charge on any atom is -0.490 e. The van der Waals surface area contributed by atoms with Crippen LogP contribution < -0.4 is 4.74 Å². The Balaban J connectivity index is 2.64. The van der Waals surface area contributed by atoms with Crippen LogP contribution in [0.2, 0.25) is 0 Å². The van der Waals surface area contributed by atoms with Gasteiger partial charge in [0.05, 0.1) is 17.5 Å². The number of ketones is 1. The van der Waals surface area contributed by atoms with E-state index in [0.29, 0.717) is 23.4 Å². The van der Waals surface area contributed by atoms with Crippen molar-refractivity contribution in [2.45, 2.75) is 19.0 Å². The molecule has 0 aliphatic carbocycles. The van der Waals surface area contributed by atoms with E-state index in [2.05, 4.69) is 15.9 Å². The van der Waals surface area contributed by atoms with Crippen molar-refractivity contribution in [1.29, 1.82) is 0 Å². The van der Waals surface area contributed by atoms with Crippen LogP contribution in [0.15, 0.2) is 22.7 Å². The Labute approximate surface area is 123 Å². The average Bonchev–Trinajstić information content (AvgIpc) is 2.37. The molecule has 1 aromatic carbocycles. The lowest BCUT2D eigenvalue weighted by atomic mass is 10.1. The van der Waals surface area contributed by atoms with Gasteiger partial charge in [0.25, 0.3) is 0 Å². The van der Waals surface area contributed by atoms with Gasteiger partial charge in [0.2, 0.25) is 0 Å². The molecule has 0 spiro atoms. The third kappa shape index (κ3) is 5.92. The summed E-state index contributed by atoms with van der Waals surface area (Å²) in [6.45, 7) is 0.759. The predicted molar refractivity (Wildman–Crippen MR) is 71.1 cm³/mol. The maximum Gasteiger partial charge on any atom is 0.389 e. The highest BCUT2D eigenvalue weighted by molar-refractivity contribution is 9.10. The SMILES string of the molecule is COCCOc1ccc(C(=O)CCC(F)(F)F)cc1Br. The molecule has 0 aliphatic heterocycles. The van der Waals surface area contributed by atoms with Gasteiger partial charge in [0, 0.05) is 19.1 Å². The molecular formula is C13H14BrF3O3. The van der Waals surface area contributed by atoms with Gasteiger partial charge < -0.3 is 9.47 Å². The molecule has 3 nitrogen and oxygen atoms in total. The zero-order valence-electron chi connectivity index (χ0n) is 10.8. The van der Waals surface area contributed by atoms with E-state index < -0.39 is 24.8 Å². The summed E-state index contributed by atoms with van der Waals surface area (Å²) < 4.78 is 46.9. The molecule has 0 bridgehead atoms. The van der Waals surface area contributed by atoms with Crippen molar-refractivity contribution in [3.8, 4) is 5.75 Å². The van der Waals surface area contributed by atoms with Gasteiger partial charge in [0.1, 0.15) is 12.4 Å². The van der Waals surface area contributed by atoms with Crippen molar-refractivity contribution in [1.82, 2.24) is 0 Å². The van der Waals surface area contributed by atoms with Gasteiger partial charge in [-0.25, -0.2) is 0 Å². The van der Waals surface area contributed by atoms with Crippen LogP contribution in [0.5, 0.6) is 5.75 Å². The van der Waals surface area contributed by atoms with E-state index in [1.807, 2.05) is 0 Å². The van der Waals surface area contributed by atoms with Gasteiger partial charge in [0.15, 0.2) is 5.78 Å². The molecule has 0 heterocycles. The van der Waals surface area contributed by atoms with Gasteiger partial charge >= 0.3 is 6.18 Å². The lowest BCUT2D eigenvalue weighted by Crippen LogP contribution is -2.11. The highest BCUT2D eigenvalue weighted by Crippen LogP contribution is 2.28. The molecule has 0 atom stereocenters. The number of hydrogen-bond acceptors (Lipinski definition) is 3. The predicted octanol–water partition coefficient (Wildman–Crippen LogP) is 4.00. The van der Waals surface area contributed by atoms with Gasteiger partial charge in [-0.05, 0) is 34.1 Å². The second-order valence-corrected chi connectivity index (χ2v) is 4.88. The molecule has 7 heteroatoms. The number of carbonyl (C=O) groups excluding carboxylic acids is 1. The van der Waals surface area contributed by atoms with Crippen LogP contribution in [-0.4, -0.2) is 32.3 Å². The first-order chi connectivity index (χ1) is 9.33. The van der Waals surface area contributed by atoms with Crippen molar-refractivity contribution in [2.75, 3.05) is 20.3 Å². The number of carbonyl (C=O) groups is 1. The molecule has 0 unspecified atom stereocenters. The maximum atomic E-state index is 12.1. The first-order valence-corrected chi connectivity index (χ1v) is 6.64. The molecule has 0 radical (unpaired) electrons. The monoisotopic (exact) mass is 354 g/mol. The molecule has 0 saturated carbocycles. The average molecular weight is 355 g/mol. The zero-order chi connectivity index (χ0) is 15.2. The Kier molecular flexibility index (Phi) is 6.48. The number of Topliss-reactive ketones (excluding diaryl/α,β-unsaturated/α-hetero) is 1. The first-order valence-electron chi connectivity index (χ1n) is 5.84. The summed E-state index contributed by atoms with van der Waals surface area (Å²) in [6, 6.07) is 4.45. The molecule has 1 rings (SSSR count). The smallest absolute Gasteiger partial charge is 0.389 e. The molecule has 0 fully saturated rings. The Hall–Kier alpha value is -1.08. The number of halogens is 4. The fourth-order valence-corrected chi connectivity index (χ4v) is 1.92.